The van der Waals surface area contributed by atoms with Crippen molar-refractivity contribution in [2.24, 2.45) is 5.92 Å². The van der Waals surface area contributed by atoms with Crippen molar-refractivity contribution in [1.82, 2.24) is 15.1 Å². The summed E-state index contributed by atoms with van der Waals surface area (Å²) in [6.07, 6.45) is 10.2. The van der Waals surface area contributed by atoms with Crippen molar-refractivity contribution in [2.45, 2.75) is 32.7 Å². The molecule has 2 aromatic carbocycles. The van der Waals surface area contributed by atoms with Gasteiger partial charge in [0.05, 0.1) is 6.54 Å². The number of allylic oxidation sites excluding steroid dienone is 2. The first-order valence-corrected chi connectivity index (χ1v) is 10.8. The van der Waals surface area contributed by atoms with E-state index in [1.807, 2.05) is 30.4 Å². The van der Waals surface area contributed by atoms with Crippen LogP contribution in [0.15, 0.2) is 60.4 Å². The summed E-state index contributed by atoms with van der Waals surface area (Å²) in [4.78, 5) is 17.7. The van der Waals surface area contributed by atoms with E-state index >= 15 is 0 Å². The van der Waals surface area contributed by atoms with Crippen molar-refractivity contribution < 1.29 is 4.79 Å². The summed E-state index contributed by atoms with van der Waals surface area (Å²) < 4.78 is 0. The van der Waals surface area contributed by atoms with Crippen LogP contribution in [0.25, 0.3) is 10.8 Å². The molecule has 2 aliphatic rings. The number of amides is 1. The number of rotatable bonds is 7. The fourth-order valence-corrected chi connectivity index (χ4v) is 4.13. The third-order valence-electron chi connectivity index (χ3n) is 6.20. The molecule has 1 heterocycles. The molecule has 29 heavy (non-hydrogen) atoms. The van der Waals surface area contributed by atoms with Gasteiger partial charge in [-0.1, -0.05) is 43.7 Å². The van der Waals surface area contributed by atoms with Crippen molar-refractivity contribution in [3.63, 3.8) is 0 Å². The molecule has 1 N–H and O–H groups in total. The highest BCUT2D eigenvalue weighted by atomic mass is 16.1. The number of carbonyl (C=O) groups is 1. The Labute approximate surface area is 173 Å². The molecule has 0 atom stereocenters. The largest absolute Gasteiger partial charge is 0.371 e. The van der Waals surface area contributed by atoms with Crippen molar-refractivity contribution in [2.75, 3.05) is 26.7 Å². The van der Waals surface area contributed by atoms with Crippen LogP contribution in [0.3, 0.4) is 0 Å². The lowest BCUT2D eigenvalue weighted by Crippen LogP contribution is -2.36. The number of nitrogens with zero attached hydrogens (tertiary/aromatic N) is 2. The van der Waals surface area contributed by atoms with E-state index in [2.05, 4.69) is 53.5 Å². The van der Waals surface area contributed by atoms with E-state index < -0.39 is 0 Å². The number of hydrogen-bond acceptors (Lipinski definition) is 3. The predicted molar refractivity (Wildman–Crippen MR) is 120 cm³/mol. The quantitative estimate of drug-likeness (QED) is 0.755. The molecule has 0 bridgehead atoms. The lowest BCUT2D eigenvalue weighted by Gasteiger charge is -2.33. The third kappa shape index (κ3) is 4.54. The monoisotopic (exact) mass is 389 g/mol. The molecule has 4 nitrogen and oxygen atoms in total. The molecule has 1 fully saturated rings. The van der Waals surface area contributed by atoms with E-state index in [1.165, 1.54) is 24.8 Å². The summed E-state index contributed by atoms with van der Waals surface area (Å²) in [7, 11) is 2.12. The molecule has 0 spiro atoms. The summed E-state index contributed by atoms with van der Waals surface area (Å²) in [5, 5.41) is 5.33. The average Bonchev–Trinajstić information content (AvgIpc) is 2.71. The van der Waals surface area contributed by atoms with Gasteiger partial charge in [0.2, 0.25) is 0 Å². The van der Waals surface area contributed by atoms with Gasteiger partial charge in [0.15, 0.2) is 0 Å². The van der Waals surface area contributed by atoms with Gasteiger partial charge in [0, 0.05) is 24.4 Å². The molecule has 1 saturated carbocycles. The van der Waals surface area contributed by atoms with Crippen LogP contribution in [0, 0.1) is 5.92 Å². The maximum absolute atomic E-state index is 13.1. The Morgan fingerprint density at radius 3 is 2.69 bits per heavy atom. The van der Waals surface area contributed by atoms with Crippen LogP contribution < -0.4 is 5.32 Å². The van der Waals surface area contributed by atoms with Gasteiger partial charge in [-0.05, 0) is 73.1 Å². The van der Waals surface area contributed by atoms with Gasteiger partial charge in [0.25, 0.3) is 5.91 Å². The number of carbonyl (C=O) groups excluding carboxylic acids is 1. The van der Waals surface area contributed by atoms with Crippen molar-refractivity contribution in [3.8, 4) is 0 Å². The maximum atomic E-state index is 13.1. The third-order valence-corrected chi connectivity index (χ3v) is 6.20. The van der Waals surface area contributed by atoms with Crippen LogP contribution in [0.4, 0.5) is 0 Å². The normalized spacial score (nSPS) is 16.8. The van der Waals surface area contributed by atoms with E-state index in [0.29, 0.717) is 0 Å². The van der Waals surface area contributed by atoms with E-state index in [0.717, 1.165) is 54.1 Å². The van der Waals surface area contributed by atoms with E-state index in [9.17, 15) is 4.79 Å². The molecule has 2 aromatic rings. The summed E-state index contributed by atoms with van der Waals surface area (Å²) >= 11 is 0. The second-order valence-electron chi connectivity index (χ2n) is 8.36. The molecule has 4 rings (SSSR count). The Balaban J connectivity index is 1.50. The molecule has 0 unspecified atom stereocenters. The fourth-order valence-electron chi connectivity index (χ4n) is 4.13. The second-order valence-corrected chi connectivity index (χ2v) is 8.36. The van der Waals surface area contributed by atoms with Crippen LogP contribution in [0.2, 0.25) is 0 Å². The van der Waals surface area contributed by atoms with Gasteiger partial charge in [-0.25, -0.2) is 0 Å². The van der Waals surface area contributed by atoms with Gasteiger partial charge in [-0.2, -0.15) is 0 Å². The van der Waals surface area contributed by atoms with Crippen LogP contribution >= 0.6 is 0 Å². The van der Waals surface area contributed by atoms with Crippen molar-refractivity contribution in [3.05, 3.63) is 71.6 Å². The number of nitrogens with one attached hydrogen (secondary N) is 1. The maximum Gasteiger partial charge on any atom is 0.256 e. The summed E-state index contributed by atoms with van der Waals surface area (Å²) in [6.45, 7) is 5.90. The molecule has 0 aromatic heterocycles. The zero-order valence-corrected chi connectivity index (χ0v) is 17.5. The first kappa shape index (κ1) is 19.7. The molecule has 0 radical (unpaired) electrons. The van der Waals surface area contributed by atoms with E-state index in [-0.39, 0.29) is 5.91 Å². The fraction of sp³-hybridized carbons (Fsp3) is 0.400. The first-order valence-electron chi connectivity index (χ1n) is 10.8. The highest BCUT2D eigenvalue weighted by Gasteiger charge is 2.21. The Kier molecular flexibility index (Phi) is 6.00. The molecule has 0 saturated heterocycles. The molecule has 1 amide bonds. The van der Waals surface area contributed by atoms with Crippen LogP contribution in [0.5, 0.6) is 0 Å². The van der Waals surface area contributed by atoms with Crippen LogP contribution in [0.1, 0.15) is 42.1 Å². The standard InChI is InChI=1S/C25H31N3O/c1-3-27(2)17-20-13-14-24(23-12-5-4-11-22(20)23)25(29)26-21-10-7-15-28(18-21)16-19-8-6-9-19/h4-5,7,10-15,19H,3,6,8-9,16-18H2,1-2H3,(H,26,29). The lowest BCUT2D eigenvalue weighted by atomic mass is 9.85. The average molecular weight is 390 g/mol. The minimum Gasteiger partial charge on any atom is -0.371 e. The summed E-state index contributed by atoms with van der Waals surface area (Å²) in [5.74, 6) is 0.786. The SMILES string of the molecule is CCN(C)Cc1ccc(C(=O)NC2=CC=CN(CC3CCC3)C2)c2ccccc12. The highest BCUT2D eigenvalue weighted by Crippen LogP contribution is 2.28. The van der Waals surface area contributed by atoms with Gasteiger partial charge >= 0.3 is 0 Å². The minimum absolute atomic E-state index is 0.0262. The highest BCUT2D eigenvalue weighted by molar-refractivity contribution is 6.08. The topological polar surface area (TPSA) is 35.6 Å². The molecular weight excluding hydrogens is 358 g/mol. The zero-order valence-electron chi connectivity index (χ0n) is 17.5. The molecule has 152 valence electrons. The van der Waals surface area contributed by atoms with Gasteiger partial charge in [-0.15, -0.1) is 0 Å². The minimum atomic E-state index is -0.0262. The predicted octanol–water partition coefficient (Wildman–Crippen LogP) is 4.53. The number of fused-ring (bicyclic) bond motifs is 1. The Morgan fingerprint density at radius 2 is 1.97 bits per heavy atom. The smallest absolute Gasteiger partial charge is 0.256 e. The molecule has 4 heteroatoms. The number of hydrogen-bond donors (Lipinski definition) is 1. The van der Waals surface area contributed by atoms with Crippen LogP contribution in [-0.2, 0) is 6.54 Å². The Hall–Kier alpha value is -2.59. The second kappa shape index (κ2) is 8.83. The molecular formula is C25H31N3O. The van der Waals surface area contributed by atoms with Crippen molar-refractivity contribution >= 4 is 16.7 Å². The first-order chi connectivity index (χ1) is 14.1. The van der Waals surface area contributed by atoms with Gasteiger partial charge < -0.3 is 15.1 Å². The summed E-state index contributed by atoms with van der Waals surface area (Å²) in [6, 6.07) is 12.3. The van der Waals surface area contributed by atoms with E-state index in [1.54, 1.807) is 0 Å². The van der Waals surface area contributed by atoms with Gasteiger partial charge in [-0.3, -0.25) is 4.79 Å². The van der Waals surface area contributed by atoms with Gasteiger partial charge in [0.1, 0.15) is 0 Å². The molecule has 1 aliphatic carbocycles. The lowest BCUT2D eigenvalue weighted by molar-refractivity contribution is 0.0963. The zero-order chi connectivity index (χ0) is 20.2. The van der Waals surface area contributed by atoms with E-state index in [4.69, 9.17) is 0 Å². The van der Waals surface area contributed by atoms with Crippen molar-refractivity contribution in [1.29, 1.82) is 0 Å². The summed E-state index contributed by atoms with van der Waals surface area (Å²) in [5.41, 5.74) is 2.97. The Morgan fingerprint density at radius 1 is 1.17 bits per heavy atom. The Bertz CT molecular complexity index is 942. The molecule has 1 aliphatic heterocycles. The number of benzene rings is 2. The van der Waals surface area contributed by atoms with Crippen LogP contribution in [-0.4, -0.2) is 42.4 Å².